The van der Waals surface area contributed by atoms with Crippen molar-refractivity contribution < 1.29 is 4.79 Å². The average molecular weight is 336 g/mol. The molecule has 2 heterocycles. The van der Waals surface area contributed by atoms with Crippen LogP contribution in [0.1, 0.15) is 50.5 Å². The Hall–Kier alpha value is -1.07. The Morgan fingerprint density at radius 1 is 1.17 bits per heavy atom. The van der Waals surface area contributed by atoms with E-state index in [1.165, 1.54) is 37.7 Å². The molecule has 0 bridgehead atoms. The van der Waals surface area contributed by atoms with Crippen molar-refractivity contribution >= 4 is 17.4 Å². The minimum absolute atomic E-state index is 0.0394. The van der Waals surface area contributed by atoms with Gasteiger partial charge in [-0.25, -0.2) is 4.79 Å². The summed E-state index contributed by atoms with van der Waals surface area (Å²) in [7, 11) is 0. The maximum Gasteiger partial charge on any atom is 0.315 e. The molecule has 2 aliphatic rings. The molecule has 3 rings (SSSR count). The van der Waals surface area contributed by atoms with Gasteiger partial charge in [-0.05, 0) is 67.1 Å². The fourth-order valence-electron chi connectivity index (χ4n) is 3.71. The fraction of sp³-hybridized carbons (Fsp3) is 0.722. The van der Waals surface area contributed by atoms with Crippen LogP contribution in [0.3, 0.4) is 0 Å². The van der Waals surface area contributed by atoms with Crippen LogP contribution in [0.2, 0.25) is 0 Å². The summed E-state index contributed by atoms with van der Waals surface area (Å²) in [4.78, 5) is 14.5. The van der Waals surface area contributed by atoms with Gasteiger partial charge in [0, 0.05) is 19.1 Å². The highest BCUT2D eigenvalue weighted by Crippen LogP contribution is 2.20. The maximum atomic E-state index is 12.0. The van der Waals surface area contributed by atoms with Crippen LogP contribution in [0.5, 0.6) is 0 Å². The zero-order valence-electron chi connectivity index (χ0n) is 13.9. The van der Waals surface area contributed by atoms with Crippen molar-refractivity contribution in [3.8, 4) is 0 Å². The summed E-state index contributed by atoms with van der Waals surface area (Å²) in [5.41, 5.74) is 1.43. The van der Waals surface area contributed by atoms with Crippen LogP contribution in [-0.2, 0) is 6.54 Å². The van der Waals surface area contributed by atoms with Gasteiger partial charge < -0.3 is 10.6 Å². The van der Waals surface area contributed by atoms with Crippen LogP contribution in [0, 0.1) is 5.92 Å². The molecular formula is C18H29N3OS. The molecule has 5 heteroatoms. The van der Waals surface area contributed by atoms with Gasteiger partial charge in [-0.3, -0.25) is 4.90 Å². The summed E-state index contributed by atoms with van der Waals surface area (Å²) < 4.78 is 0. The average Bonchev–Trinajstić information content (AvgIpc) is 3.08. The first-order valence-electron chi connectivity index (χ1n) is 9.07. The molecule has 4 nitrogen and oxygen atoms in total. The lowest BCUT2D eigenvalue weighted by Crippen LogP contribution is -2.45. The van der Waals surface area contributed by atoms with Gasteiger partial charge >= 0.3 is 6.03 Å². The first kappa shape index (κ1) is 16.8. The summed E-state index contributed by atoms with van der Waals surface area (Å²) in [6.45, 7) is 4.19. The molecule has 0 aromatic carbocycles. The molecule has 0 atom stereocenters. The molecule has 0 radical (unpaired) electrons. The third kappa shape index (κ3) is 5.50. The lowest BCUT2D eigenvalue weighted by Gasteiger charge is -2.32. The van der Waals surface area contributed by atoms with Gasteiger partial charge in [-0.1, -0.05) is 19.3 Å². The Morgan fingerprint density at radius 2 is 1.96 bits per heavy atom. The van der Waals surface area contributed by atoms with E-state index in [9.17, 15) is 4.79 Å². The Labute approximate surface area is 143 Å². The smallest absolute Gasteiger partial charge is 0.315 e. The van der Waals surface area contributed by atoms with Crippen molar-refractivity contribution in [3.63, 3.8) is 0 Å². The summed E-state index contributed by atoms with van der Waals surface area (Å²) in [5.74, 6) is 0.630. The molecule has 1 aromatic rings. The second-order valence-corrected chi connectivity index (χ2v) is 7.82. The molecule has 1 aliphatic heterocycles. The van der Waals surface area contributed by atoms with Crippen LogP contribution >= 0.6 is 11.3 Å². The Kier molecular flexibility index (Phi) is 6.34. The molecule has 128 valence electrons. The van der Waals surface area contributed by atoms with E-state index in [2.05, 4.69) is 32.4 Å². The van der Waals surface area contributed by atoms with Gasteiger partial charge in [0.05, 0.1) is 0 Å². The predicted octanol–water partition coefficient (Wildman–Crippen LogP) is 3.59. The number of nitrogens with zero attached hydrogens (tertiary/aromatic N) is 1. The lowest BCUT2D eigenvalue weighted by atomic mass is 9.95. The number of thiophene rings is 1. The Balaban J connectivity index is 1.30. The zero-order chi connectivity index (χ0) is 15.9. The van der Waals surface area contributed by atoms with Gasteiger partial charge in [-0.15, -0.1) is 0 Å². The molecule has 1 aromatic heterocycles. The highest BCUT2D eigenvalue weighted by molar-refractivity contribution is 7.07. The summed E-state index contributed by atoms with van der Waals surface area (Å²) in [5, 5.41) is 10.6. The first-order valence-corrected chi connectivity index (χ1v) is 10.0. The van der Waals surface area contributed by atoms with Crippen molar-refractivity contribution in [2.24, 2.45) is 5.92 Å². The van der Waals surface area contributed by atoms with Crippen molar-refractivity contribution in [1.29, 1.82) is 0 Å². The van der Waals surface area contributed by atoms with Gasteiger partial charge in [0.2, 0.25) is 0 Å². The number of hydrogen-bond acceptors (Lipinski definition) is 3. The second-order valence-electron chi connectivity index (χ2n) is 7.04. The number of carbonyl (C=O) groups is 1. The van der Waals surface area contributed by atoms with E-state index >= 15 is 0 Å². The quantitative estimate of drug-likeness (QED) is 0.863. The molecule has 2 fully saturated rings. The molecule has 1 aliphatic carbocycles. The molecule has 1 saturated carbocycles. The minimum atomic E-state index is 0.0394. The Morgan fingerprint density at radius 3 is 2.65 bits per heavy atom. The highest BCUT2D eigenvalue weighted by atomic mass is 32.1. The third-order valence-electron chi connectivity index (χ3n) is 5.19. The molecular weight excluding hydrogens is 306 g/mol. The maximum absolute atomic E-state index is 12.0. The lowest BCUT2D eigenvalue weighted by molar-refractivity contribution is 0.174. The van der Waals surface area contributed by atoms with Crippen LogP contribution in [0.15, 0.2) is 16.8 Å². The van der Waals surface area contributed by atoms with Gasteiger partial charge in [0.25, 0.3) is 0 Å². The highest BCUT2D eigenvalue weighted by Gasteiger charge is 2.21. The molecule has 23 heavy (non-hydrogen) atoms. The molecule has 0 unspecified atom stereocenters. The first-order chi connectivity index (χ1) is 11.3. The van der Waals surface area contributed by atoms with E-state index < -0.39 is 0 Å². The number of amides is 2. The minimum Gasteiger partial charge on any atom is -0.338 e. The van der Waals surface area contributed by atoms with E-state index in [4.69, 9.17) is 0 Å². The third-order valence-corrected chi connectivity index (χ3v) is 5.92. The van der Waals surface area contributed by atoms with Crippen molar-refractivity contribution in [3.05, 3.63) is 22.4 Å². The van der Waals surface area contributed by atoms with Crippen molar-refractivity contribution in [1.82, 2.24) is 15.5 Å². The van der Waals surface area contributed by atoms with Crippen LogP contribution in [-0.4, -0.2) is 36.6 Å². The predicted molar refractivity (Wildman–Crippen MR) is 95.7 cm³/mol. The van der Waals surface area contributed by atoms with Crippen LogP contribution in [0.4, 0.5) is 4.79 Å². The second kappa shape index (κ2) is 8.69. The number of urea groups is 1. The monoisotopic (exact) mass is 335 g/mol. The standard InChI is InChI=1S/C18H29N3OS/c22-18(20-17-4-2-1-3-5-17)19-12-15-6-9-21(10-7-15)13-16-8-11-23-14-16/h8,11,14-15,17H,1-7,9-10,12-13H2,(H2,19,20,22). The van der Waals surface area contributed by atoms with Gasteiger partial charge in [-0.2, -0.15) is 11.3 Å². The van der Waals surface area contributed by atoms with Crippen LogP contribution in [0.25, 0.3) is 0 Å². The van der Waals surface area contributed by atoms with E-state index in [1.807, 2.05) is 0 Å². The number of carbonyl (C=O) groups excluding carboxylic acids is 1. The van der Waals surface area contributed by atoms with Crippen LogP contribution < -0.4 is 10.6 Å². The van der Waals surface area contributed by atoms with E-state index in [-0.39, 0.29) is 6.03 Å². The van der Waals surface area contributed by atoms with E-state index in [1.54, 1.807) is 11.3 Å². The normalized spacial score (nSPS) is 21.2. The Bertz CT molecular complexity index is 463. The summed E-state index contributed by atoms with van der Waals surface area (Å²) in [6, 6.07) is 2.65. The largest absolute Gasteiger partial charge is 0.338 e. The summed E-state index contributed by atoms with van der Waals surface area (Å²) >= 11 is 1.77. The van der Waals surface area contributed by atoms with Gasteiger partial charge in [0.1, 0.15) is 0 Å². The number of piperidine rings is 1. The van der Waals surface area contributed by atoms with E-state index in [0.29, 0.717) is 12.0 Å². The van der Waals surface area contributed by atoms with Crippen molar-refractivity contribution in [2.45, 2.75) is 57.5 Å². The number of likely N-dealkylation sites (tertiary alicyclic amines) is 1. The summed E-state index contributed by atoms with van der Waals surface area (Å²) in [6.07, 6.45) is 8.51. The molecule has 2 N–H and O–H groups in total. The topological polar surface area (TPSA) is 44.4 Å². The fourth-order valence-corrected chi connectivity index (χ4v) is 4.37. The number of nitrogens with one attached hydrogen (secondary N) is 2. The molecule has 1 saturated heterocycles. The number of rotatable bonds is 5. The zero-order valence-corrected chi connectivity index (χ0v) is 14.7. The molecule has 2 amide bonds. The van der Waals surface area contributed by atoms with E-state index in [0.717, 1.165) is 39.0 Å². The van der Waals surface area contributed by atoms with Gasteiger partial charge in [0.15, 0.2) is 0 Å². The molecule has 0 spiro atoms. The number of hydrogen-bond donors (Lipinski definition) is 2. The van der Waals surface area contributed by atoms with Crippen molar-refractivity contribution in [2.75, 3.05) is 19.6 Å². The SMILES string of the molecule is O=C(NCC1CCN(Cc2ccsc2)CC1)NC1CCCCC1.